The quantitative estimate of drug-likeness (QED) is 0.318. The van der Waals surface area contributed by atoms with Gasteiger partial charge < -0.3 is 4.55 Å². The minimum Gasteiger partial charge on any atom is -0.741 e. The van der Waals surface area contributed by atoms with Crippen molar-refractivity contribution < 1.29 is 30.7 Å². The highest BCUT2D eigenvalue weighted by Gasteiger charge is 2.36. The van der Waals surface area contributed by atoms with Crippen molar-refractivity contribution in [3.63, 3.8) is 0 Å². The fraction of sp³-hybridized carbons (Fsp3) is 0.133. The lowest BCUT2D eigenvalue weighted by Gasteiger charge is -2.08. The van der Waals surface area contributed by atoms with E-state index in [1.165, 1.54) is 0 Å². The lowest BCUT2D eigenvalue weighted by atomic mass is 10.2. The number of alkyl halides is 3. The van der Waals surface area contributed by atoms with Crippen molar-refractivity contribution in [1.82, 2.24) is 0 Å². The Bertz CT molecular complexity index is 807. The molecule has 0 radical (unpaired) electrons. The molecular formula is C15H12F3NO3S. The van der Waals surface area contributed by atoms with Gasteiger partial charge in [0, 0.05) is 23.6 Å². The second kappa shape index (κ2) is 7.76. The summed E-state index contributed by atoms with van der Waals surface area (Å²) in [5.74, 6) is 6.27. The summed E-state index contributed by atoms with van der Waals surface area (Å²) in [5, 5.41) is 0. The maximum Gasteiger partial charge on any atom is 0.485 e. The van der Waals surface area contributed by atoms with Crippen LogP contribution < -0.4 is 4.57 Å². The molecule has 0 amide bonds. The van der Waals surface area contributed by atoms with Gasteiger partial charge in [-0.3, -0.25) is 0 Å². The fourth-order valence-corrected chi connectivity index (χ4v) is 1.31. The molecule has 0 N–H and O–H groups in total. The van der Waals surface area contributed by atoms with Crippen LogP contribution in [0.15, 0.2) is 54.7 Å². The highest BCUT2D eigenvalue weighted by atomic mass is 32.2. The van der Waals surface area contributed by atoms with Crippen LogP contribution in [0.1, 0.15) is 11.3 Å². The minimum absolute atomic E-state index is 1.02. The van der Waals surface area contributed by atoms with Crippen molar-refractivity contribution in [3.05, 3.63) is 66.0 Å². The number of hydrogen-bond donors (Lipinski definition) is 0. The smallest absolute Gasteiger partial charge is 0.485 e. The molecule has 0 aliphatic rings. The van der Waals surface area contributed by atoms with Gasteiger partial charge in [0.1, 0.15) is 7.05 Å². The molecule has 0 aliphatic carbocycles. The maximum atomic E-state index is 10.7. The van der Waals surface area contributed by atoms with Gasteiger partial charge in [0.05, 0.1) is 0 Å². The van der Waals surface area contributed by atoms with E-state index in [0.29, 0.717) is 0 Å². The monoisotopic (exact) mass is 343 g/mol. The van der Waals surface area contributed by atoms with Crippen LogP contribution in [0.5, 0.6) is 0 Å². The molecule has 0 unspecified atom stereocenters. The second-order valence-corrected chi connectivity index (χ2v) is 5.58. The van der Waals surface area contributed by atoms with Crippen molar-refractivity contribution >= 4 is 10.1 Å². The molecule has 23 heavy (non-hydrogen) atoms. The second-order valence-electron chi connectivity index (χ2n) is 4.21. The fourth-order valence-electron chi connectivity index (χ4n) is 1.31. The average molecular weight is 343 g/mol. The van der Waals surface area contributed by atoms with E-state index in [9.17, 15) is 13.2 Å². The molecule has 2 rings (SSSR count). The Balaban J connectivity index is 0.000000284. The van der Waals surface area contributed by atoms with Crippen LogP contribution in [0.2, 0.25) is 0 Å². The van der Waals surface area contributed by atoms with Gasteiger partial charge in [-0.25, -0.2) is 8.42 Å². The zero-order chi connectivity index (χ0) is 17.5. The van der Waals surface area contributed by atoms with Crippen molar-refractivity contribution in [2.45, 2.75) is 5.51 Å². The van der Waals surface area contributed by atoms with Crippen molar-refractivity contribution in [2.24, 2.45) is 7.05 Å². The van der Waals surface area contributed by atoms with E-state index >= 15 is 0 Å². The Kier molecular flexibility index (Phi) is 6.30. The molecule has 2 aromatic rings. The molecular weight excluding hydrogens is 331 g/mol. The first-order valence-electron chi connectivity index (χ1n) is 6.15. The van der Waals surface area contributed by atoms with Gasteiger partial charge in [-0.1, -0.05) is 24.1 Å². The van der Waals surface area contributed by atoms with E-state index in [2.05, 4.69) is 11.8 Å². The summed E-state index contributed by atoms with van der Waals surface area (Å²) >= 11 is 0. The minimum atomic E-state index is -6.09. The predicted octanol–water partition coefficient (Wildman–Crippen LogP) is 1.96. The number of pyridine rings is 1. The van der Waals surface area contributed by atoms with Crippen LogP contribution in [0, 0.1) is 11.8 Å². The molecule has 122 valence electrons. The topological polar surface area (TPSA) is 61.1 Å². The molecule has 0 bridgehead atoms. The normalized spacial score (nSPS) is 10.8. The first-order valence-corrected chi connectivity index (χ1v) is 7.56. The largest absolute Gasteiger partial charge is 0.741 e. The van der Waals surface area contributed by atoms with Gasteiger partial charge in [0.25, 0.3) is 5.69 Å². The molecule has 0 fully saturated rings. The first-order chi connectivity index (χ1) is 10.6. The van der Waals surface area contributed by atoms with Gasteiger partial charge in [-0.2, -0.15) is 17.7 Å². The van der Waals surface area contributed by atoms with E-state index in [1.807, 2.05) is 66.3 Å². The Morgan fingerprint density at radius 2 is 1.52 bits per heavy atom. The SMILES string of the molecule is C[n+]1ccccc1C#Cc1ccccc1.O=S(=O)([O-])C(F)(F)F. The Labute approximate surface area is 132 Å². The molecule has 0 saturated carbocycles. The molecule has 1 heterocycles. The Morgan fingerprint density at radius 3 is 2.00 bits per heavy atom. The van der Waals surface area contributed by atoms with Crippen LogP contribution in [-0.4, -0.2) is 18.5 Å². The molecule has 0 atom stereocenters. The number of nitrogens with zero attached hydrogens (tertiary/aromatic N) is 1. The standard InChI is InChI=1S/C14H12N.CHF3O3S/c1-15-12-6-5-9-14(15)11-10-13-7-3-2-4-8-13;2-1(3,4)8(5,6)7/h2-9,12H,1H3;(H,5,6,7)/q+1;/p-1. The first kappa shape index (κ1) is 18.7. The Hall–Kier alpha value is -2.37. The third-order valence-corrected chi connectivity index (χ3v) is 3.01. The number of benzene rings is 1. The number of aryl methyl sites for hydroxylation is 1. The Morgan fingerprint density at radius 1 is 1.00 bits per heavy atom. The molecule has 0 aliphatic heterocycles. The van der Waals surface area contributed by atoms with E-state index in [-0.39, 0.29) is 0 Å². The van der Waals surface area contributed by atoms with Crippen LogP contribution >= 0.6 is 0 Å². The van der Waals surface area contributed by atoms with E-state index in [4.69, 9.17) is 13.0 Å². The van der Waals surface area contributed by atoms with Crippen LogP contribution in [0.3, 0.4) is 0 Å². The highest BCUT2D eigenvalue weighted by molar-refractivity contribution is 7.86. The molecule has 1 aromatic heterocycles. The van der Waals surface area contributed by atoms with Crippen molar-refractivity contribution in [3.8, 4) is 11.8 Å². The summed E-state index contributed by atoms with van der Waals surface area (Å²) in [6.45, 7) is 0. The zero-order valence-corrected chi connectivity index (χ0v) is 12.7. The van der Waals surface area contributed by atoms with Gasteiger partial charge in [0.15, 0.2) is 16.3 Å². The molecule has 8 heteroatoms. The summed E-state index contributed by atoms with van der Waals surface area (Å²) in [4.78, 5) is 0. The third kappa shape index (κ3) is 6.50. The number of rotatable bonds is 0. The van der Waals surface area contributed by atoms with E-state index in [0.717, 1.165) is 11.3 Å². The van der Waals surface area contributed by atoms with E-state index in [1.54, 1.807) is 0 Å². The van der Waals surface area contributed by atoms with Crippen LogP contribution in [-0.2, 0) is 17.2 Å². The zero-order valence-electron chi connectivity index (χ0n) is 11.9. The summed E-state index contributed by atoms with van der Waals surface area (Å²) in [6, 6.07) is 16.0. The van der Waals surface area contributed by atoms with Gasteiger partial charge >= 0.3 is 5.51 Å². The van der Waals surface area contributed by atoms with Crippen molar-refractivity contribution in [2.75, 3.05) is 0 Å². The molecule has 0 spiro atoms. The maximum absolute atomic E-state index is 10.7. The number of halogens is 3. The third-order valence-electron chi connectivity index (χ3n) is 2.45. The number of hydrogen-bond acceptors (Lipinski definition) is 3. The summed E-state index contributed by atoms with van der Waals surface area (Å²) < 4.78 is 60.9. The van der Waals surface area contributed by atoms with Crippen LogP contribution in [0.25, 0.3) is 0 Å². The average Bonchev–Trinajstić information content (AvgIpc) is 2.46. The lowest BCUT2D eigenvalue weighted by Crippen LogP contribution is -2.31. The lowest BCUT2D eigenvalue weighted by molar-refractivity contribution is -0.673. The van der Waals surface area contributed by atoms with E-state index < -0.39 is 15.6 Å². The summed E-state index contributed by atoms with van der Waals surface area (Å²) in [7, 11) is -4.10. The van der Waals surface area contributed by atoms with Gasteiger partial charge in [0.2, 0.25) is 0 Å². The van der Waals surface area contributed by atoms with Crippen LogP contribution in [0.4, 0.5) is 13.2 Å². The predicted molar refractivity (Wildman–Crippen MR) is 75.8 cm³/mol. The van der Waals surface area contributed by atoms with Gasteiger partial charge in [-0.05, 0) is 18.2 Å². The highest BCUT2D eigenvalue weighted by Crippen LogP contribution is 2.20. The molecule has 4 nitrogen and oxygen atoms in total. The molecule has 1 aromatic carbocycles. The summed E-state index contributed by atoms with van der Waals surface area (Å²) in [5.41, 5.74) is -3.59. The summed E-state index contributed by atoms with van der Waals surface area (Å²) in [6.07, 6.45) is 2.00. The molecule has 0 saturated heterocycles. The van der Waals surface area contributed by atoms with Gasteiger partial charge in [-0.15, -0.1) is 0 Å². The van der Waals surface area contributed by atoms with Crippen molar-refractivity contribution in [1.29, 1.82) is 0 Å². The number of aromatic nitrogens is 1.